The summed E-state index contributed by atoms with van der Waals surface area (Å²) < 4.78 is 5.20. The molecular formula is C14H18ClN3OS. The van der Waals surface area contributed by atoms with Crippen LogP contribution in [0.25, 0.3) is 0 Å². The predicted molar refractivity (Wildman–Crippen MR) is 84.1 cm³/mol. The summed E-state index contributed by atoms with van der Waals surface area (Å²) in [5.41, 5.74) is 0.975. The summed E-state index contributed by atoms with van der Waals surface area (Å²) in [7, 11) is 0. The molecule has 1 heterocycles. The van der Waals surface area contributed by atoms with E-state index in [1.807, 2.05) is 36.0 Å². The average Bonchev–Trinajstić information content (AvgIpc) is 2.86. The predicted octanol–water partition coefficient (Wildman–Crippen LogP) is 4.22. The second-order valence-corrected chi connectivity index (χ2v) is 6.34. The normalized spacial score (nSPS) is 11.0. The molecule has 0 atom stereocenters. The highest BCUT2D eigenvalue weighted by Crippen LogP contribution is 2.15. The molecule has 0 amide bonds. The van der Waals surface area contributed by atoms with E-state index in [-0.39, 0.29) is 0 Å². The highest BCUT2D eigenvalue weighted by molar-refractivity contribution is 7.98. The SMILES string of the molecule is CC(C)CSCc1noc(CNc2ccc(Cl)cc2)n1. The number of rotatable bonds is 7. The number of nitrogens with one attached hydrogen (secondary N) is 1. The lowest BCUT2D eigenvalue weighted by molar-refractivity contribution is 0.379. The molecule has 6 heteroatoms. The van der Waals surface area contributed by atoms with E-state index in [2.05, 4.69) is 29.3 Å². The van der Waals surface area contributed by atoms with Crippen molar-refractivity contribution in [2.45, 2.75) is 26.1 Å². The molecule has 2 rings (SSSR count). The Kier molecular flexibility index (Phi) is 5.73. The average molecular weight is 312 g/mol. The van der Waals surface area contributed by atoms with Gasteiger partial charge in [-0.15, -0.1) is 0 Å². The first-order valence-electron chi connectivity index (χ1n) is 6.52. The van der Waals surface area contributed by atoms with Gasteiger partial charge in [-0.05, 0) is 35.9 Å². The van der Waals surface area contributed by atoms with Crippen molar-refractivity contribution in [3.63, 3.8) is 0 Å². The highest BCUT2D eigenvalue weighted by atomic mass is 35.5. The van der Waals surface area contributed by atoms with E-state index in [4.69, 9.17) is 16.1 Å². The molecule has 0 aliphatic rings. The van der Waals surface area contributed by atoms with Crippen molar-refractivity contribution >= 4 is 29.1 Å². The third-order valence-electron chi connectivity index (χ3n) is 2.48. The number of hydrogen-bond acceptors (Lipinski definition) is 5. The fraction of sp³-hybridized carbons (Fsp3) is 0.429. The molecule has 1 aromatic carbocycles. The van der Waals surface area contributed by atoms with Gasteiger partial charge in [-0.2, -0.15) is 16.7 Å². The summed E-state index contributed by atoms with van der Waals surface area (Å²) in [5.74, 6) is 3.93. The molecule has 0 aliphatic heterocycles. The van der Waals surface area contributed by atoms with Gasteiger partial charge in [0.2, 0.25) is 5.89 Å². The van der Waals surface area contributed by atoms with Gasteiger partial charge >= 0.3 is 0 Å². The summed E-state index contributed by atoms with van der Waals surface area (Å²) in [5, 5.41) is 7.91. The van der Waals surface area contributed by atoms with Crippen LogP contribution in [0.15, 0.2) is 28.8 Å². The van der Waals surface area contributed by atoms with Crippen LogP contribution in [0.5, 0.6) is 0 Å². The van der Waals surface area contributed by atoms with Crippen molar-refractivity contribution in [1.29, 1.82) is 0 Å². The zero-order valence-corrected chi connectivity index (χ0v) is 13.2. The van der Waals surface area contributed by atoms with E-state index in [1.165, 1.54) is 0 Å². The van der Waals surface area contributed by atoms with Crippen molar-refractivity contribution < 1.29 is 4.52 Å². The number of aromatic nitrogens is 2. The molecule has 0 fully saturated rings. The topological polar surface area (TPSA) is 51.0 Å². The van der Waals surface area contributed by atoms with Gasteiger partial charge in [0.15, 0.2) is 5.82 Å². The third-order valence-corrected chi connectivity index (χ3v) is 4.10. The number of anilines is 1. The Balaban J connectivity index is 1.79. The maximum atomic E-state index is 5.83. The molecule has 0 bridgehead atoms. The van der Waals surface area contributed by atoms with Crippen LogP contribution in [0.3, 0.4) is 0 Å². The Morgan fingerprint density at radius 3 is 2.75 bits per heavy atom. The minimum absolute atomic E-state index is 0.517. The van der Waals surface area contributed by atoms with Crippen LogP contribution in [-0.4, -0.2) is 15.9 Å². The lowest BCUT2D eigenvalue weighted by atomic mass is 10.3. The molecule has 1 N–H and O–H groups in total. The summed E-state index contributed by atoms with van der Waals surface area (Å²) in [6, 6.07) is 7.51. The van der Waals surface area contributed by atoms with Gasteiger partial charge in [-0.1, -0.05) is 30.6 Å². The van der Waals surface area contributed by atoms with Gasteiger partial charge < -0.3 is 9.84 Å². The summed E-state index contributed by atoms with van der Waals surface area (Å²) in [4.78, 5) is 4.35. The Bertz CT molecular complexity index is 527. The minimum atomic E-state index is 0.517. The van der Waals surface area contributed by atoms with E-state index in [0.717, 1.165) is 28.0 Å². The zero-order valence-electron chi connectivity index (χ0n) is 11.6. The maximum absolute atomic E-state index is 5.83. The van der Waals surface area contributed by atoms with Crippen LogP contribution in [0.2, 0.25) is 5.02 Å². The van der Waals surface area contributed by atoms with Gasteiger partial charge in [-0.3, -0.25) is 0 Å². The van der Waals surface area contributed by atoms with Crippen LogP contribution in [0.1, 0.15) is 25.6 Å². The molecule has 0 unspecified atom stereocenters. The highest BCUT2D eigenvalue weighted by Gasteiger charge is 2.06. The first-order chi connectivity index (χ1) is 9.63. The molecule has 0 aliphatic carbocycles. The molecule has 4 nitrogen and oxygen atoms in total. The summed E-state index contributed by atoms with van der Waals surface area (Å²) in [6.07, 6.45) is 0. The first kappa shape index (κ1) is 15.2. The maximum Gasteiger partial charge on any atom is 0.245 e. The Hall–Kier alpha value is -1.20. The van der Waals surface area contributed by atoms with Gasteiger partial charge in [-0.25, -0.2) is 0 Å². The quantitative estimate of drug-likeness (QED) is 0.829. The van der Waals surface area contributed by atoms with Crippen molar-refractivity contribution in [2.75, 3.05) is 11.1 Å². The van der Waals surface area contributed by atoms with E-state index >= 15 is 0 Å². The van der Waals surface area contributed by atoms with E-state index in [1.54, 1.807) is 0 Å². The smallest absolute Gasteiger partial charge is 0.245 e. The summed E-state index contributed by atoms with van der Waals surface area (Å²) >= 11 is 7.66. The number of nitrogens with zero attached hydrogens (tertiary/aromatic N) is 2. The van der Waals surface area contributed by atoms with E-state index in [0.29, 0.717) is 18.4 Å². The molecule has 20 heavy (non-hydrogen) atoms. The van der Waals surface area contributed by atoms with Crippen molar-refractivity contribution in [2.24, 2.45) is 5.92 Å². The van der Waals surface area contributed by atoms with Gasteiger partial charge in [0.1, 0.15) is 0 Å². The van der Waals surface area contributed by atoms with Crippen LogP contribution < -0.4 is 5.32 Å². The number of hydrogen-bond donors (Lipinski definition) is 1. The lowest BCUT2D eigenvalue weighted by Crippen LogP contribution is -1.99. The number of thioether (sulfide) groups is 1. The standard InChI is InChI=1S/C14H18ClN3OS/c1-10(2)8-20-9-13-17-14(19-18-13)7-16-12-5-3-11(15)4-6-12/h3-6,10,16H,7-9H2,1-2H3. The number of benzene rings is 1. The van der Waals surface area contributed by atoms with Gasteiger partial charge in [0.05, 0.1) is 12.3 Å². The Morgan fingerprint density at radius 2 is 2.05 bits per heavy atom. The second-order valence-electron chi connectivity index (χ2n) is 4.87. The molecule has 0 saturated heterocycles. The molecule has 0 spiro atoms. The monoisotopic (exact) mass is 311 g/mol. The van der Waals surface area contributed by atoms with Crippen LogP contribution in [0, 0.1) is 5.92 Å². The lowest BCUT2D eigenvalue weighted by Gasteiger charge is -2.02. The molecule has 0 saturated carbocycles. The first-order valence-corrected chi connectivity index (χ1v) is 8.05. The Morgan fingerprint density at radius 1 is 1.30 bits per heavy atom. The van der Waals surface area contributed by atoms with Crippen LogP contribution in [-0.2, 0) is 12.3 Å². The molecule has 2 aromatic rings. The zero-order chi connectivity index (χ0) is 14.4. The largest absolute Gasteiger partial charge is 0.376 e. The van der Waals surface area contributed by atoms with E-state index in [9.17, 15) is 0 Å². The van der Waals surface area contributed by atoms with Crippen LogP contribution >= 0.6 is 23.4 Å². The van der Waals surface area contributed by atoms with Crippen molar-refractivity contribution in [3.8, 4) is 0 Å². The molecule has 1 aromatic heterocycles. The molecule has 0 radical (unpaired) electrons. The second kappa shape index (κ2) is 7.55. The minimum Gasteiger partial charge on any atom is -0.376 e. The van der Waals surface area contributed by atoms with Crippen molar-refractivity contribution in [1.82, 2.24) is 10.1 Å². The number of halogens is 1. The van der Waals surface area contributed by atoms with E-state index < -0.39 is 0 Å². The third kappa shape index (κ3) is 5.06. The fourth-order valence-corrected chi connectivity index (χ4v) is 2.57. The fourth-order valence-electron chi connectivity index (χ4n) is 1.55. The van der Waals surface area contributed by atoms with Crippen LogP contribution in [0.4, 0.5) is 5.69 Å². The van der Waals surface area contributed by atoms with Gasteiger partial charge in [0, 0.05) is 10.7 Å². The van der Waals surface area contributed by atoms with Crippen molar-refractivity contribution in [3.05, 3.63) is 41.0 Å². The molecular weight excluding hydrogens is 294 g/mol. The molecule has 108 valence electrons. The summed E-state index contributed by atoms with van der Waals surface area (Å²) in [6.45, 7) is 4.92. The van der Waals surface area contributed by atoms with Gasteiger partial charge in [0.25, 0.3) is 0 Å². The Labute approximate surface area is 128 Å².